The summed E-state index contributed by atoms with van der Waals surface area (Å²) < 4.78 is 5.38. The van der Waals surface area contributed by atoms with Gasteiger partial charge in [0.15, 0.2) is 0 Å². The molecule has 4 nitrogen and oxygen atoms in total. The van der Waals surface area contributed by atoms with Crippen LogP contribution in [0.4, 0.5) is 0 Å². The zero-order valence-corrected chi connectivity index (χ0v) is 17.2. The third kappa shape index (κ3) is 11.4. The Bertz CT molecular complexity index is 646. The van der Waals surface area contributed by atoms with Gasteiger partial charge in [0.2, 0.25) is 0 Å². The molecule has 0 aromatic heterocycles. The van der Waals surface area contributed by atoms with E-state index in [-0.39, 0.29) is 18.5 Å². The van der Waals surface area contributed by atoms with Crippen molar-refractivity contribution < 1.29 is 19.4 Å². The molecular weight excluding hydrogens is 352 g/mol. The molecule has 1 N–H and O–H groups in total. The van der Waals surface area contributed by atoms with E-state index in [1.54, 1.807) is 0 Å². The molecule has 0 aliphatic carbocycles. The molecule has 0 radical (unpaired) electrons. The number of allylic oxidation sites excluding steroid dienone is 2. The van der Waals surface area contributed by atoms with Crippen LogP contribution >= 0.6 is 0 Å². The van der Waals surface area contributed by atoms with Gasteiger partial charge in [-0.2, -0.15) is 0 Å². The molecule has 0 saturated heterocycles. The van der Waals surface area contributed by atoms with Crippen molar-refractivity contribution in [2.24, 2.45) is 0 Å². The Kier molecular flexibility index (Phi) is 12.4. The van der Waals surface area contributed by atoms with Gasteiger partial charge in [-0.3, -0.25) is 9.59 Å². The van der Waals surface area contributed by atoms with Crippen molar-refractivity contribution >= 4 is 18.0 Å². The maximum Gasteiger partial charge on any atom is 0.303 e. The molecular formula is C24H34O4. The van der Waals surface area contributed by atoms with Crippen LogP contribution in [0.2, 0.25) is 0 Å². The normalized spacial score (nSPS) is 12.5. The molecule has 0 spiro atoms. The smallest absolute Gasteiger partial charge is 0.303 e. The molecule has 1 rings (SSSR count). The minimum absolute atomic E-state index is 0.176. The third-order valence-electron chi connectivity index (χ3n) is 4.51. The second kappa shape index (κ2) is 14.7. The van der Waals surface area contributed by atoms with E-state index in [2.05, 4.69) is 19.1 Å². The highest BCUT2D eigenvalue weighted by atomic mass is 16.5. The van der Waals surface area contributed by atoms with Crippen molar-refractivity contribution in [2.75, 3.05) is 0 Å². The Morgan fingerprint density at radius 1 is 1.07 bits per heavy atom. The van der Waals surface area contributed by atoms with Gasteiger partial charge >= 0.3 is 11.9 Å². The number of aliphatic carboxylic acids is 1. The van der Waals surface area contributed by atoms with Crippen LogP contribution in [0.5, 0.6) is 0 Å². The predicted molar refractivity (Wildman–Crippen MR) is 114 cm³/mol. The summed E-state index contributed by atoms with van der Waals surface area (Å²) in [6.45, 7) is 3.63. The Morgan fingerprint density at radius 3 is 2.57 bits per heavy atom. The second-order valence-electron chi connectivity index (χ2n) is 7.04. The summed E-state index contributed by atoms with van der Waals surface area (Å²) in [7, 11) is 0. The molecule has 0 heterocycles. The second-order valence-corrected chi connectivity index (χ2v) is 7.04. The van der Waals surface area contributed by atoms with E-state index in [9.17, 15) is 9.59 Å². The summed E-state index contributed by atoms with van der Waals surface area (Å²) in [5.41, 5.74) is 2.35. The van der Waals surface area contributed by atoms with Crippen LogP contribution in [0.25, 0.3) is 6.08 Å². The van der Waals surface area contributed by atoms with E-state index < -0.39 is 5.97 Å². The van der Waals surface area contributed by atoms with Crippen LogP contribution in [0, 0.1) is 0 Å². The van der Waals surface area contributed by atoms with Crippen LogP contribution in [0.3, 0.4) is 0 Å². The fourth-order valence-corrected chi connectivity index (χ4v) is 3.04. The molecule has 1 aromatic rings. The number of carbonyl (C=O) groups excluding carboxylic acids is 1. The van der Waals surface area contributed by atoms with Gasteiger partial charge in [0.25, 0.3) is 0 Å². The van der Waals surface area contributed by atoms with Gasteiger partial charge in [-0.25, -0.2) is 0 Å². The van der Waals surface area contributed by atoms with Crippen molar-refractivity contribution in [2.45, 2.75) is 77.7 Å². The Hall–Kier alpha value is -2.36. The number of carboxylic acid groups (broad SMARTS) is 1. The lowest BCUT2D eigenvalue weighted by atomic mass is 10.0. The highest BCUT2D eigenvalue weighted by molar-refractivity contribution is 5.66. The van der Waals surface area contributed by atoms with Crippen LogP contribution in [0.1, 0.15) is 76.3 Å². The number of hydrogen-bond acceptors (Lipinski definition) is 3. The number of hydrogen-bond donors (Lipinski definition) is 1. The fraction of sp³-hybridized carbons (Fsp3) is 0.500. The lowest BCUT2D eigenvalue weighted by Gasteiger charge is -2.12. The molecule has 154 valence electrons. The molecule has 0 fully saturated rings. The quantitative estimate of drug-likeness (QED) is 0.243. The van der Waals surface area contributed by atoms with Gasteiger partial charge in [-0.05, 0) is 49.3 Å². The van der Waals surface area contributed by atoms with E-state index >= 15 is 0 Å². The maximum absolute atomic E-state index is 11.3. The van der Waals surface area contributed by atoms with Crippen molar-refractivity contribution in [3.63, 3.8) is 0 Å². The van der Waals surface area contributed by atoms with E-state index in [4.69, 9.17) is 9.84 Å². The van der Waals surface area contributed by atoms with Crippen LogP contribution < -0.4 is 0 Å². The molecule has 1 aromatic carbocycles. The third-order valence-corrected chi connectivity index (χ3v) is 4.51. The molecule has 0 aliphatic heterocycles. The van der Waals surface area contributed by atoms with Crippen LogP contribution in [0.15, 0.2) is 42.5 Å². The highest BCUT2D eigenvalue weighted by Gasteiger charge is 2.07. The highest BCUT2D eigenvalue weighted by Crippen LogP contribution is 2.15. The first-order chi connectivity index (χ1) is 13.5. The van der Waals surface area contributed by atoms with Gasteiger partial charge < -0.3 is 9.84 Å². The average molecular weight is 387 g/mol. The maximum atomic E-state index is 11.3. The van der Waals surface area contributed by atoms with Gasteiger partial charge in [0.05, 0.1) is 0 Å². The van der Waals surface area contributed by atoms with E-state index in [0.29, 0.717) is 6.42 Å². The first-order valence-electron chi connectivity index (χ1n) is 10.3. The molecule has 0 saturated carbocycles. The lowest BCUT2D eigenvalue weighted by Crippen LogP contribution is -2.13. The summed E-state index contributed by atoms with van der Waals surface area (Å²) in [5, 5.41) is 8.74. The van der Waals surface area contributed by atoms with E-state index in [0.717, 1.165) is 37.7 Å². The molecule has 0 aliphatic rings. The topological polar surface area (TPSA) is 63.6 Å². The number of benzene rings is 1. The zero-order valence-electron chi connectivity index (χ0n) is 17.2. The first-order valence-corrected chi connectivity index (χ1v) is 10.3. The number of unbranched alkanes of at least 4 members (excludes halogenated alkanes) is 4. The number of ether oxygens (including phenoxy) is 1. The molecule has 4 heteroatoms. The molecule has 28 heavy (non-hydrogen) atoms. The molecule has 0 bridgehead atoms. The van der Waals surface area contributed by atoms with Gasteiger partial charge in [0.1, 0.15) is 6.10 Å². The van der Waals surface area contributed by atoms with Crippen LogP contribution in [-0.4, -0.2) is 23.1 Å². The number of carboxylic acids is 1. The lowest BCUT2D eigenvalue weighted by molar-refractivity contribution is -0.144. The van der Waals surface area contributed by atoms with Gasteiger partial charge in [0, 0.05) is 13.3 Å². The summed E-state index contributed by atoms with van der Waals surface area (Å²) in [5.74, 6) is -0.990. The Balaban J connectivity index is 2.60. The summed E-state index contributed by atoms with van der Waals surface area (Å²) >= 11 is 0. The largest absolute Gasteiger partial charge is 0.481 e. The van der Waals surface area contributed by atoms with Crippen LogP contribution in [-0.2, 0) is 20.7 Å². The van der Waals surface area contributed by atoms with Crippen molar-refractivity contribution in [3.8, 4) is 0 Å². The summed E-state index contributed by atoms with van der Waals surface area (Å²) in [6, 6.07) is 8.15. The minimum Gasteiger partial charge on any atom is -0.481 e. The van der Waals surface area contributed by atoms with E-state index in [1.165, 1.54) is 25.3 Å². The Labute approximate surface area is 169 Å². The fourth-order valence-electron chi connectivity index (χ4n) is 3.04. The predicted octanol–water partition coefficient (Wildman–Crippen LogP) is 5.96. The first kappa shape index (κ1) is 23.7. The number of rotatable bonds is 14. The standard InChI is InChI=1S/C24H34O4/c1-3-4-5-6-17-23(28-20(2)25)18-11-9-15-21-13-7-8-14-22(21)16-10-12-19-24(26)27/h7-9,11,13-15,18,23H,3-6,10,12,16-17,19H2,1-2H3,(H,26,27). The number of esters is 1. The van der Waals surface area contributed by atoms with E-state index in [1.807, 2.05) is 36.4 Å². The Morgan fingerprint density at radius 2 is 1.86 bits per heavy atom. The minimum atomic E-state index is -0.740. The van der Waals surface area contributed by atoms with Crippen molar-refractivity contribution in [1.29, 1.82) is 0 Å². The molecule has 1 unspecified atom stereocenters. The average Bonchev–Trinajstić information content (AvgIpc) is 2.66. The van der Waals surface area contributed by atoms with Gasteiger partial charge in [-0.15, -0.1) is 0 Å². The number of carbonyl (C=O) groups is 2. The van der Waals surface area contributed by atoms with Crippen molar-refractivity contribution in [3.05, 3.63) is 53.6 Å². The van der Waals surface area contributed by atoms with Crippen molar-refractivity contribution in [1.82, 2.24) is 0 Å². The SMILES string of the molecule is CCCCCCC(C=CC=Cc1ccccc1CCCCC(=O)O)OC(C)=O. The zero-order chi connectivity index (χ0) is 20.6. The summed E-state index contributed by atoms with van der Waals surface area (Å²) in [4.78, 5) is 21.9. The summed E-state index contributed by atoms with van der Waals surface area (Å²) in [6.07, 6.45) is 15.8. The monoisotopic (exact) mass is 386 g/mol. The number of aryl methyl sites for hydroxylation is 1. The molecule has 1 atom stereocenters. The van der Waals surface area contributed by atoms with Gasteiger partial charge in [-0.1, -0.05) is 68.7 Å². The molecule has 0 amide bonds.